The largest absolute Gasteiger partial charge is 0.480 e. The Morgan fingerprint density at radius 2 is 2.05 bits per heavy atom. The van der Waals surface area contributed by atoms with Crippen LogP contribution in [0.2, 0.25) is 0 Å². The first-order valence-electron chi connectivity index (χ1n) is 5.50. The van der Waals surface area contributed by atoms with Crippen molar-refractivity contribution in [1.82, 2.24) is 29.7 Å². The molecule has 3 aromatic rings. The molecule has 0 atom stereocenters. The summed E-state index contributed by atoms with van der Waals surface area (Å²) >= 11 is 0. The smallest absolute Gasteiger partial charge is 0.225 e. The van der Waals surface area contributed by atoms with Crippen LogP contribution in [0.1, 0.15) is 0 Å². The summed E-state index contributed by atoms with van der Waals surface area (Å²) in [6.45, 7) is 0. The van der Waals surface area contributed by atoms with E-state index in [1.165, 1.54) is 19.8 Å². The Morgan fingerprint density at radius 1 is 1.21 bits per heavy atom. The molecule has 0 radical (unpaired) electrons. The SMILES string of the molecule is COc1ncncc1-c1nn(C)c2ncnc(N)c12. The lowest BCUT2D eigenvalue weighted by atomic mass is 10.2. The summed E-state index contributed by atoms with van der Waals surface area (Å²) < 4.78 is 6.85. The van der Waals surface area contributed by atoms with Gasteiger partial charge in [-0.05, 0) is 0 Å². The summed E-state index contributed by atoms with van der Waals surface area (Å²) in [5, 5.41) is 5.07. The van der Waals surface area contributed by atoms with E-state index in [1.54, 1.807) is 17.9 Å². The molecule has 0 aliphatic carbocycles. The first kappa shape index (κ1) is 11.3. The number of methoxy groups -OCH3 is 1. The Hall–Kier alpha value is -2.77. The maximum Gasteiger partial charge on any atom is 0.225 e. The zero-order valence-electron chi connectivity index (χ0n) is 10.4. The molecule has 0 saturated heterocycles. The van der Waals surface area contributed by atoms with E-state index in [9.17, 15) is 0 Å². The number of anilines is 1. The molecule has 3 heterocycles. The Morgan fingerprint density at radius 3 is 2.84 bits per heavy atom. The maximum atomic E-state index is 5.91. The normalized spacial score (nSPS) is 10.8. The van der Waals surface area contributed by atoms with Gasteiger partial charge >= 0.3 is 0 Å². The number of hydrogen-bond acceptors (Lipinski definition) is 7. The number of ether oxygens (including phenoxy) is 1. The molecule has 0 spiro atoms. The van der Waals surface area contributed by atoms with E-state index in [1.807, 2.05) is 0 Å². The molecule has 19 heavy (non-hydrogen) atoms. The summed E-state index contributed by atoms with van der Waals surface area (Å²) in [5.41, 5.74) is 7.81. The number of aromatic nitrogens is 6. The van der Waals surface area contributed by atoms with Crippen LogP contribution in [0.5, 0.6) is 5.88 Å². The third kappa shape index (κ3) is 1.65. The molecule has 3 aromatic heterocycles. The highest BCUT2D eigenvalue weighted by Gasteiger charge is 2.19. The van der Waals surface area contributed by atoms with Crippen LogP contribution in [0, 0.1) is 0 Å². The molecule has 96 valence electrons. The first-order valence-corrected chi connectivity index (χ1v) is 5.50. The number of rotatable bonds is 2. The van der Waals surface area contributed by atoms with Crippen LogP contribution in [-0.4, -0.2) is 36.8 Å². The molecular formula is C11H11N7O. The molecule has 3 rings (SSSR count). The molecule has 0 amide bonds. The molecule has 8 heteroatoms. The quantitative estimate of drug-likeness (QED) is 0.708. The summed E-state index contributed by atoms with van der Waals surface area (Å²) in [5.74, 6) is 0.789. The monoisotopic (exact) mass is 257 g/mol. The van der Waals surface area contributed by atoms with E-state index < -0.39 is 0 Å². The fraction of sp³-hybridized carbons (Fsp3) is 0.182. The van der Waals surface area contributed by atoms with Gasteiger partial charge in [0.1, 0.15) is 24.2 Å². The van der Waals surface area contributed by atoms with Crippen LogP contribution in [-0.2, 0) is 7.05 Å². The average molecular weight is 257 g/mol. The van der Waals surface area contributed by atoms with Crippen molar-refractivity contribution < 1.29 is 4.74 Å². The number of nitrogens with two attached hydrogens (primary N) is 1. The van der Waals surface area contributed by atoms with Crippen LogP contribution in [0.25, 0.3) is 22.3 Å². The topological polar surface area (TPSA) is 105 Å². The first-order chi connectivity index (χ1) is 9.22. The van der Waals surface area contributed by atoms with Crippen molar-refractivity contribution in [3.63, 3.8) is 0 Å². The number of hydrogen-bond donors (Lipinski definition) is 1. The van der Waals surface area contributed by atoms with Crippen molar-refractivity contribution in [2.45, 2.75) is 0 Å². The molecule has 8 nitrogen and oxygen atoms in total. The molecule has 0 aliphatic heterocycles. The standard InChI is InChI=1S/C11H11N7O/c1-18-10-7(9(12)14-5-15-10)8(17-18)6-3-13-4-16-11(6)19-2/h3-5H,1-2H3,(H2,12,14,15). The predicted molar refractivity (Wildman–Crippen MR) is 68.3 cm³/mol. The fourth-order valence-electron chi connectivity index (χ4n) is 1.94. The van der Waals surface area contributed by atoms with Gasteiger partial charge in [-0.15, -0.1) is 0 Å². The summed E-state index contributed by atoms with van der Waals surface area (Å²) in [7, 11) is 3.32. The van der Waals surface area contributed by atoms with Crippen molar-refractivity contribution in [3.8, 4) is 17.1 Å². The lowest BCUT2D eigenvalue weighted by Crippen LogP contribution is -1.95. The zero-order valence-corrected chi connectivity index (χ0v) is 10.4. The molecule has 0 fully saturated rings. The lowest BCUT2D eigenvalue weighted by molar-refractivity contribution is 0.398. The average Bonchev–Trinajstić information content (AvgIpc) is 2.78. The van der Waals surface area contributed by atoms with E-state index in [0.29, 0.717) is 34.0 Å². The van der Waals surface area contributed by atoms with Crippen LogP contribution < -0.4 is 10.5 Å². The number of aryl methyl sites for hydroxylation is 1. The highest BCUT2D eigenvalue weighted by atomic mass is 16.5. The van der Waals surface area contributed by atoms with E-state index in [-0.39, 0.29) is 0 Å². The maximum absolute atomic E-state index is 5.91. The molecule has 0 aromatic carbocycles. The highest BCUT2D eigenvalue weighted by molar-refractivity contribution is 5.98. The van der Waals surface area contributed by atoms with E-state index in [4.69, 9.17) is 10.5 Å². The molecule has 0 saturated carbocycles. The Balaban J connectivity index is 2.37. The molecule has 0 unspecified atom stereocenters. The van der Waals surface area contributed by atoms with Gasteiger partial charge in [-0.25, -0.2) is 24.6 Å². The second kappa shape index (κ2) is 4.16. The van der Waals surface area contributed by atoms with Crippen LogP contribution >= 0.6 is 0 Å². The van der Waals surface area contributed by atoms with E-state index >= 15 is 0 Å². The van der Waals surface area contributed by atoms with Gasteiger partial charge in [-0.3, -0.25) is 0 Å². The Bertz CT molecular complexity index is 752. The third-order valence-corrected chi connectivity index (χ3v) is 2.77. The Labute approximate surface area is 108 Å². The van der Waals surface area contributed by atoms with Crippen molar-refractivity contribution >= 4 is 16.9 Å². The van der Waals surface area contributed by atoms with Crippen LogP contribution in [0.4, 0.5) is 5.82 Å². The van der Waals surface area contributed by atoms with Crippen molar-refractivity contribution in [2.24, 2.45) is 7.05 Å². The number of nitrogens with zero attached hydrogens (tertiary/aromatic N) is 6. The van der Waals surface area contributed by atoms with Crippen molar-refractivity contribution in [2.75, 3.05) is 12.8 Å². The van der Waals surface area contributed by atoms with Gasteiger partial charge in [0.05, 0.1) is 18.1 Å². The summed E-state index contributed by atoms with van der Waals surface area (Å²) in [6, 6.07) is 0. The second-order valence-electron chi connectivity index (χ2n) is 3.88. The predicted octanol–water partition coefficient (Wildman–Crippen LogP) is 0.411. The van der Waals surface area contributed by atoms with Crippen LogP contribution in [0.15, 0.2) is 18.9 Å². The van der Waals surface area contributed by atoms with Gasteiger partial charge in [0, 0.05) is 13.2 Å². The minimum absolute atomic E-state index is 0.360. The molecule has 2 N–H and O–H groups in total. The van der Waals surface area contributed by atoms with Gasteiger partial charge < -0.3 is 10.5 Å². The van der Waals surface area contributed by atoms with Crippen molar-refractivity contribution in [1.29, 1.82) is 0 Å². The van der Waals surface area contributed by atoms with Crippen LogP contribution in [0.3, 0.4) is 0 Å². The minimum Gasteiger partial charge on any atom is -0.480 e. The van der Waals surface area contributed by atoms with Gasteiger partial charge in [0.2, 0.25) is 5.88 Å². The third-order valence-electron chi connectivity index (χ3n) is 2.77. The molecule has 0 bridgehead atoms. The number of fused-ring (bicyclic) bond motifs is 1. The van der Waals surface area contributed by atoms with Gasteiger partial charge in [-0.2, -0.15) is 5.10 Å². The second-order valence-corrected chi connectivity index (χ2v) is 3.88. The Kier molecular flexibility index (Phi) is 2.48. The van der Waals surface area contributed by atoms with Gasteiger partial charge in [-0.1, -0.05) is 0 Å². The van der Waals surface area contributed by atoms with Gasteiger partial charge in [0.15, 0.2) is 5.65 Å². The van der Waals surface area contributed by atoms with E-state index in [2.05, 4.69) is 25.0 Å². The van der Waals surface area contributed by atoms with Crippen molar-refractivity contribution in [3.05, 3.63) is 18.9 Å². The van der Waals surface area contributed by atoms with Gasteiger partial charge in [0.25, 0.3) is 0 Å². The fourth-order valence-corrected chi connectivity index (χ4v) is 1.94. The zero-order chi connectivity index (χ0) is 13.4. The lowest BCUT2D eigenvalue weighted by Gasteiger charge is -2.04. The molecular weight excluding hydrogens is 246 g/mol. The molecule has 0 aliphatic rings. The highest BCUT2D eigenvalue weighted by Crippen LogP contribution is 2.33. The summed E-state index contributed by atoms with van der Waals surface area (Å²) in [6.07, 6.45) is 4.44. The minimum atomic E-state index is 0.360. The van der Waals surface area contributed by atoms with E-state index in [0.717, 1.165) is 0 Å². The number of nitrogen functional groups attached to an aromatic ring is 1. The summed E-state index contributed by atoms with van der Waals surface area (Å²) in [4.78, 5) is 16.2.